The number of aliphatic hydroxyl groups excluding tert-OH is 1. The van der Waals surface area contributed by atoms with E-state index in [1.54, 1.807) is 0 Å². The lowest BCUT2D eigenvalue weighted by Crippen LogP contribution is -2.22. The number of aliphatic hydroxyl groups is 1. The van der Waals surface area contributed by atoms with Crippen LogP contribution < -0.4 is 5.32 Å². The lowest BCUT2D eigenvalue weighted by Gasteiger charge is -1.83. The van der Waals surface area contributed by atoms with Gasteiger partial charge in [0, 0.05) is 0 Å². The van der Waals surface area contributed by atoms with E-state index in [1.165, 1.54) is 6.92 Å². The van der Waals surface area contributed by atoms with Gasteiger partial charge in [0.15, 0.2) is 5.76 Å². The molecule has 0 aromatic carbocycles. The summed E-state index contributed by atoms with van der Waals surface area (Å²) in [6, 6.07) is 0. The van der Waals surface area contributed by atoms with Crippen molar-refractivity contribution in [2.45, 2.75) is 20.8 Å². The second-order valence-corrected chi connectivity index (χ2v) is 1.76. The van der Waals surface area contributed by atoms with Gasteiger partial charge in [-0.15, -0.1) is 0 Å². The van der Waals surface area contributed by atoms with E-state index in [0.29, 0.717) is 0 Å². The fourth-order valence-electron chi connectivity index (χ4n) is 0.534. The Morgan fingerprint density at radius 1 is 1.18 bits per heavy atom. The van der Waals surface area contributed by atoms with Crippen molar-refractivity contribution in [3.8, 4) is 0 Å². The topological polar surface area (TPSA) is 66.4 Å². The predicted molar refractivity (Wildman–Crippen MR) is 39.8 cm³/mol. The molecule has 1 heterocycles. The third-order valence-electron chi connectivity index (χ3n) is 1.14. The lowest BCUT2D eigenvalue weighted by atomic mass is 10.3. The largest absolute Gasteiger partial charge is 0.503 e. The van der Waals surface area contributed by atoms with Crippen molar-refractivity contribution >= 4 is 11.8 Å². The van der Waals surface area contributed by atoms with Gasteiger partial charge in [0.1, 0.15) is 0 Å². The maximum absolute atomic E-state index is 10.4. The fraction of sp³-hybridized carbons (Fsp3) is 0.429. The van der Waals surface area contributed by atoms with Crippen molar-refractivity contribution in [1.29, 1.82) is 0 Å². The van der Waals surface area contributed by atoms with Crippen molar-refractivity contribution in [1.82, 2.24) is 5.32 Å². The molecule has 0 fully saturated rings. The minimum absolute atomic E-state index is 0.0833. The first-order valence-electron chi connectivity index (χ1n) is 3.38. The fourth-order valence-corrected chi connectivity index (χ4v) is 0.534. The van der Waals surface area contributed by atoms with E-state index >= 15 is 0 Å². The maximum Gasteiger partial charge on any atom is 0.293 e. The van der Waals surface area contributed by atoms with E-state index in [-0.39, 0.29) is 5.57 Å². The van der Waals surface area contributed by atoms with Crippen LogP contribution in [0.4, 0.5) is 0 Å². The third kappa shape index (κ3) is 1.80. The Kier molecular flexibility index (Phi) is 3.30. The number of carbonyl (C=O) groups is 2. The van der Waals surface area contributed by atoms with Gasteiger partial charge in [-0.05, 0) is 6.92 Å². The van der Waals surface area contributed by atoms with Crippen LogP contribution in [0.5, 0.6) is 0 Å². The van der Waals surface area contributed by atoms with Crippen molar-refractivity contribution in [2.75, 3.05) is 0 Å². The Labute approximate surface area is 64.9 Å². The summed E-state index contributed by atoms with van der Waals surface area (Å²) < 4.78 is 0. The van der Waals surface area contributed by atoms with Gasteiger partial charge in [-0.3, -0.25) is 14.9 Å². The van der Waals surface area contributed by atoms with Crippen molar-refractivity contribution in [2.24, 2.45) is 0 Å². The number of carbonyl (C=O) groups excluding carboxylic acids is 2. The summed E-state index contributed by atoms with van der Waals surface area (Å²) in [5, 5.41) is 10.6. The minimum atomic E-state index is -0.711. The van der Waals surface area contributed by atoms with E-state index in [4.69, 9.17) is 5.11 Å². The number of rotatable bonds is 0. The quantitative estimate of drug-likeness (QED) is 0.503. The highest BCUT2D eigenvalue weighted by molar-refractivity contribution is 6.17. The highest BCUT2D eigenvalue weighted by Gasteiger charge is 2.25. The van der Waals surface area contributed by atoms with Gasteiger partial charge in [0.05, 0.1) is 5.57 Å². The van der Waals surface area contributed by atoms with Crippen LogP contribution in [0.2, 0.25) is 0 Å². The Balaban J connectivity index is 0.000000461. The molecule has 1 aliphatic heterocycles. The van der Waals surface area contributed by atoms with Crippen molar-refractivity contribution < 1.29 is 14.7 Å². The summed E-state index contributed by atoms with van der Waals surface area (Å²) in [5.41, 5.74) is 0.0833. The molecule has 0 atom stereocenters. The highest BCUT2D eigenvalue weighted by Crippen LogP contribution is 2.06. The zero-order valence-electron chi connectivity index (χ0n) is 6.76. The molecule has 0 saturated carbocycles. The lowest BCUT2D eigenvalue weighted by molar-refractivity contribution is -0.125. The molecule has 1 aliphatic rings. The summed E-state index contributed by atoms with van der Waals surface area (Å²) >= 11 is 0. The molecule has 1 rings (SSSR count). The van der Waals surface area contributed by atoms with Gasteiger partial charge < -0.3 is 5.11 Å². The summed E-state index contributed by atoms with van der Waals surface area (Å²) in [6.07, 6.45) is 0. The molecule has 0 aromatic heterocycles. The molecule has 0 saturated heterocycles. The standard InChI is InChI=1S/C5H5NO3.C2H6/c1-2-3(7)5(9)6-4(2)8;1-2/h1H3,(H2,6,7,8,9);1-2H3. The van der Waals surface area contributed by atoms with Crippen LogP contribution in [0, 0.1) is 0 Å². The first-order valence-corrected chi connectivity index (χ1v) is 3.38. The molecule has 62 valence electrons. The predicted octanol–water partition coefficient (Wildman–Crippen LogP) is 0.501. The molecule has 4 heteroatoms. The van der Waals surface area contributed by atoms with Crippen LogP contribution in [0.1, 0.15) is 20.8 Å². The summed E-state index contributed by atoms with van der Waals surface area (Å²) in [6.45, 7) is 5.38. The highest BCUT2D eigenvalue weighted by atomic mass is 16.3. The van der Waals surface area contributed by atoms with Gasteiger partial charge in [-0.1, -0.05) is 13.8 Å². The zero-order chi connectivity index (χ0) is 9.02. The van der Waals surface area contributed by atoms with Gasteiger partial charge >= 0.3 is 0 Å². The van der Waals surface area contributed by atoms with Gasteiger partial charge in [0.2, 0.25) is 0 Å². The Morgan fingerprint density at radius 3 is 1.73 bits per heavy atom. The molecule has 0 bridgehead atoms. The molecule has 0 aromatic rings. The Morgan fingerprint density at radius 2 is 1.64 bits per heavy atom. The zero-order valence-corrected chi connectivity index (χ0v) is 6.76. The van der Waals surface area contributed by atoms with Gasteiger partial charge in [-0.2, -0.15) is 0 Å². The Bertz CT molecular complexity index is 196. The van der Waals surface area contributed by atoms with Crippen LogP contribution >= 0.6 is 0 Å². The third-order valence-corrected chi connectivity index (χ3v) is 1.14. The van der Waals surface area contributed by atoms with E-state index in [9.17, 15) is 9.59 Å². The second kappa shape index (κ2) is 3.75. The number of nitrogens with one attached hydrogen (secondary N) is 1. The normalized spacial score (nSPS) is 15.9. The average molecular weight is 157 g/mol. The maximum atomic E-state index is 10.4. The molecule has 2 amide bonds. The number of hydrogen-bond donors (Lipinski definition) is 2. The van der Waals surface area contributed by atoms with E-state index in [2.05, 4.69) is 0 Å². The number of amides is 2. The second-order valence-electron chi connectivity index (χ2n) is 1.76. The van der Waals surface area contributed by atoms with Gasteiger partial charge in [-0.25, -0.2) is 0 Å². The van der Waals surface area contributed by atoms with Crippen LogP contribution in [0.3, 0.4) is 0 Å². The summed E-state index contributed by atoms with van der Waals surface area (Å²) in [7, 11) is 0. The summed E-state index contributed by atoms with van der Waals surface area (Å²) in [4.78, 5) is 20.8. The average Bonchev–Trinajstić information content (AvgIpc) is 2.22. The molecule has 0 aliphatic carbocycles. The van der Waals surface area contributed by atoms with E-state index in [1.807, 2.05) is 19.2 Å². The molecule has 2 N–H and O–H groups in total. The Hall–Kier alpha value is -1.32. The number of hydrogen-bond acceptors (Lipinski definition) is 3. The molecular weight excluding hydrogens is 146 g/mol. The first-order chi connectivity index (χ1) is 5.13. The molecule has 4 nitrogen and oxygen atoms in total. The van der Waals surface area contributed by atoms with Crippen LogP contribution in [0.15, 0.2) is 11.3 Å². The SMILES string of the molecule is CC.CC1=C(O)C(=O)NC1=O. The van der Waals surface area contributed by atoms with Gasteiger partial charge in [0.25, 0.3) is 11.8 Å². The molecule has 0 unspecified atom stereocenters. The van der Waals surface area contributed by atoms with Crippen LogP contribution in [-0.2, 0) is 9.59 Å². The summed E-state index contributed by atoms with van der Waals surface area (Å²) in [5.74, 6) is -1.70. The molecule has 11 heavy (non-hydrogen) atoms. The molecule has 0 radical (unpaired) electrons. The number of imide groups is 1. The smallest absolute Gasteiger partial charge is 0.293 e. The van der Waals surface area contributed by atoms with Crippen LogP contribution in [-0.4, -0.2) is 16.9 Å². The van der Waals surface area contributed by atoms with E-state index in [0.717, 1.165) is 0 Å². The van der Waals surface area contributed by atoms with Crippen molar-refractivity contribution in [3.05, 3.63) is 11.3 Å². The minimum Gasteiger partial charge on any atom is -0.503 e. The molecule has 0 spiro atoms. The molecular formula is C7H11NO3. The first kappa shape index (κ1) is 9.68. The van der Waals surface area contributed by atoms with Crippen LogP contribution in [0.25, 0.3) is 0 Å². The van der Waals surface area contributed by atoms with Crippen molar-refractivity contribution in [3.63, 3.8) is 0 Å². The monoisotopic (exact) mass is 157 g/mol. The van der Waals surface area contributed by atoms with E-state index < -0.39 is 17.6 Å².